The van der Waals surface area contributed by atoms with Gasteiger partial charge in [0.1, 0.15) is 0 Å². The minimum absolute atomic E-state index is 0.653. The summed E-state index contributed by atoms with van der Waals surface area (Å²) in [6, 6.07) is 3.84. The summed E-state index contributed by atoms with van der Waals surface area (Å²) >= 11 is 9.67. The number of halogens is 2. The van der Waals surface area contributed by atoms with Crippen molar-refractivity contribution in [2.75, 3.05) is 20.3 Å². The van der Waals surface area contributed by atoms with E-state index in [4.69, 9.17) is 16.3 Å². The van der Waals surface area contributed by atoms with E-state index in [0.717, 1.165) is 28.0 Å². The molecule has 1 aromatic carbocycles. The van der Waals surface area contributed by atoms with Gasteiger partial charge in [-0.05, 0) is 40.5 Å². The number of ether oxygens (including phenoxy) is 1. The minimum atomic E-state index is 0.653. The van der Waals surface area contributed by atoms with Gasteiger partial charge in [0, 0.05) is 29.7 Å². The highest BCUT2D eigenvalue weighted by molar-refractivity contribution is 9.10. The minimum Gasteiger partial charge on any atom is -0.383 e. The molecule has 0 fully saturated rings. The molecule has 0 aliphatic carbocycles. The van der Waals surface area contributed by atoms with Crippen LogP contribution in [0.25, 0.3) is 5.69 Å². The Kier molecular flexibility index (Phi) is 5.54. The molecule has 0 spiro atoms. The van der Waals surface area contributed by atoms with Gasteiger partial charge in [0.2, 0.25) is 0 Å². The molecule has 2 rings (SSSR count). The molecule has 1 aromatic heterocycles. The van der Waals surface area contributed by atoms with Crippen molar-refractivity contribution in [1.29, 1.82) is 0 Å². The average Bonchev–Trinajstić information content (AvgIpc) is 2.87. The SMILES string of the molecule is COCCNCc1cn(-c2cc(Cl)c(C)cc2Br)nn1. The molecule has 1 N–H and O–H groups in total. The Morgan fingerprint density at radius 3 is 3.00 bits per heavy atom. The van der Waals surface area contributed by atoms with Gasteiger partial charge in [-0.2, -0.15) is 0 Å². The Balaban J connectivity index is 2.10. The van der Waals surface area contributed by atoms with E-state index in [1.165, 1.54) is 0 Å². The predicted octanol–water partition coefficient (Wildman–Crippen LogP) is 2.73. The second-order valence-electron chi connectivity index (χ2n) is 4.38. The van der Waals surface area contributed by atoms with E-state index >= 15 is 0 Å². The molecule has 2 aromatic rings. The topological polar surface area (TPSA) is 52.0 Å². The van der Waals surface area contributed by atoms with Crippen molar-refractivity contribution in [2.24, 2.45) is 0 Å². The fraction of sp³-hybridized carbons (Fsp3) is 0.385. The Bertz CT molecular complexity index is 588. The molecule has 1 heterocycles. The van der Waals surface area contributed by atoms with Crippen molar-refractivity contribution in [3.63, 3.8) is 0 Å². The number of aromatic nitrogens is 3. The largest absolute Gasteiger partial charge is 0.383 e. The number of nitrogens with zero attached hydrogens (tertiary/aromatic N) is 3. The molecule has 0 amide bonds. The third-order valence-corrected chi connectivity index (χ3v) is 3.85. The number of nitrogens with one attached hydrogen (secondary N) is 1. The molecule has 108 valence electrons. The fourth-order valence-corrected chi connectivity index (χ4v) is 2.50. The molecule has 0 saturated carbocycles. The molecule has 0 bridgehead atoms. The molecular weight excluding hydrogens is 344 g/mol. The molecular formula is C13H16BrClN4O. The maximum Gasteiger partial charge on any atom is 0.0969 e. The van der Waals surface area contributed by atoms with Gasteiger partial charge in [-0.15, -0.1) is 5.10 Å². The van der Waals surface area contributed by atoms with Gasteiger partial charge in [0.05, 0.1) is 24.2 Å². The van der Waals surface area contributed by atoms with E-state index in [1.807, 2.05) is 25.3 Å². The van der Waals surface area contributed by atoms with Gasteiger partial charge in [-0.3, -0.25) is 0 Å². The van der Waals surface area contributed by atoms with E-state index in [1.54, 1.807) is 11.8 Å². The summed E-state index contributed by atoms with van der Waals surface area (Å²) in [5.74, 6) is 0. The van der Waals surface area contributed by atoms with E-state index < -0.39 is 0 Å². The zero-order chi connectivity index (χ0) is 14.5. The Hall–Kier alpha value is -0.950. The number of methoxy groups -OCH3 is 1. The smallest absolute Gasteiger partial charge is 0.0969 e. The van der Waals surface area contributed by atoms with Crippen LogP contribution in [-0.2, 0) is 11.3 Å². The summed E-state index contributed by atoms with van der Waals surface area (Å²) in [5, 5.41) is 12.2. The first-order valence-corrected chi connectivity index (χ1v) is 7.36. The Labute approximate surface area is 131 Å². The molecule has 5 nitrogen and oxygen atoms in total. The van der Waals surface area contributed by atoms with Crippen LogP contribution in [0.2, 0.25) is 5.02 Å². The maximum absolute atomic E-state index is 6.15. The summed E-state index contributed by atoms with van der Waals surface area (Å²) in [6.45, 7) is 4.07. The van der Waals surface area contributed by atoms with E-state index in [-0.39, 0.29) is 0 Å². The number of hydrogen-bond donors (Lipinski definition) is 1. The van der Waals surface area contributed by atoms with Crippen molar-refractivity contribution in [1.82, 2.24) is 20.3 Å². The highest BCUT2D eigenvalue weighted by Crippen LogP contribution is 2.27. The lowest BCUT2D eigenvalue weighted by Gasteiger charge is -2.06. The molecule has 0 unspecified atom stereocenters. The molecule has 7 heteroatoms. The van der Waals surface area contributed by atoms with Crippen LogP contribution in [0.15, 0.2) is 22.8 Å². The molecule has 0 atom stereocenters. The highest BCUT2D eigenvalue weighted by atomic mass is 79.9. The maximum atomic E-state index is 6.15. The van der Waals surface area contributed by atoms with Gasteiger partial charge in [-0.1, -0.05) is 16.8 Å². The van der Waals surface area contributed by atoms with Crippen molar-refractivity contribution in [3.8, 4) is 5.69 Å². The normalized spacial score (nSPS) is 11.0. The Morgan fingerprint density at radius 1 is 1.45 bits per heavy atom. The van der Waals surface area contributed by atoms with Crippen LogP contribution in [0.3, 0.4) is 0 Å². The number of aryl methyl sites for hydroxylation is 1. The fourth-order valence-electron chi connectivity index (χ4n) is 1.70. The lowest BCUT2D eigenvalue weighted by atomic mass is 10.2. The first-order valence-electron chi connectivity index (χ1n) is 6.18. The lowest BCUT2D eigenvalue weighted by Crippen LogP contribution is -2.18. The lowest BCUT2D eigenvalue weighted by molar-refractivity contribution is 0.199. The third kappa shape index (κ3) is 3.79. The molecule has 0 aliphatic heterocycles. The number of benzene rings is 1. The number of hydrogen-bond acceptors (Lipinski definition) is 4. The molecule has 0 aliphatic rings. The van der Waals surface area contributed by atoms with Gasteiger partial charge in [0.15, 0.2) is 0 Å². The van der Waals surface area contributed by atoms with E-state index in [9.17, 15) is 0 Å². The van der Waals surface area contributed by atoms with Crippen LogP contribution in [-0.4, -0.2) is 35.3 Å². The van der Waals surface area contributed by atoms with Crippen LogP contribution < -0.4 is 5.32 Å². The van der Waals surface area contributed by atoms with Crippen LogP contribution in [0.1, 0.15) is 11.3 Å². The summed E-state index contributed by atoms with van der Waals surface area (Å²) in [4.78, 5) is 0. The number of rotatable bonds is 6. The monoisotopic (exact) mass is 358 g/mol. The average molecular weight is 360 g/mol. The van der Waals surface area contributed by atoms with Crippen molar-refractivity contribution >= 4 is 27.5 Å². The summed E-state index contributed by atoms with van der Waals surface area (Å²) in [5.41, 5.74) is 2.75. The molecule has 20 heavy (non-hydrogen) atoms. The quantitative estimate of drug-likeness (QED) is 0.806. The van der Waals surface area contributed by atoms with Gasteiger partial charge in [-0.25, -0.2) is 4.68 Å². The summed E-state index contributed by atoms with van der Waals surface area (Å²) < 4.78 is 7.61. The van der Waals surface area contributed by atoms with Crippen LogP contribution in [0.5, 0.6) is 0 Å². The van der Waals surface area contributed by atoms with Gasteiger partial charge >= 0.3 is 0 Å². The highest BCUT2D eigenvalue weighted by Gasteiger charge is 2.09. The van der Waals surface area contributed by atoms with Crippen LogP contribution in [0, 0.1) is 6.92 Å². The zero-order valence-electron chi connectivity index (χ0n) is 11.4. The van der Waals surface area contributed by atoms with E-state index in [0.29, 0.717) is 18.2 Å². The van der Waals surface area contributed by atoms with Crippen LogP contribution in [0.4, 0.5) is 0 Å². The first kappa shape index (κ1) is 15.4. The Morgan fingerprint density at radius 2 is 2.25 bits per heavy atom. The summed E-state index contributed by atoms with van der Waals surface area (Å²) in [6.07, 6.45) is 1.88. The zero-order valence-corrected chi connectivity index (χ0v) is 13.7. The van der Waals surface area contributed by atoms with Gasteiger partial charge < -0.3 is 10.1 Å². The molecule has 0 saturated heterocycles. The van der Waals surface area contributed by atoms with Gasteiger partial charge in [0.25, 0.3) is 0 Å². The van der Waals surface area contributed by atoms with Crippen molar-refractivity contribution in [2.45, 2.75) is 13.5 Å². The standard InChI is InChI=1S/C13H16BrClN4O/c1-9-5-11(14)13(6-12(9)15)19-8-10(17-18-19)7-16-3-4-20-2/h5-6,8,16H,3-4,7H2,1-2H3. The predicted molar refractivity (Wildman–Crippen MR) is 82.4 cm³/mol. The van der Waals surface area contributed by atoms with Crippen molar-refractivity contribution < 1.29 is 4.74 Å². The van der Waals surface area contributed by atoms with Crippen LogP contribution >= 0.6 is 27.5 Å². The molecule has 0 radical (unpaired) electrons. The van der Waals surface area contributed by atoms with Crippen molar-refractivity contribution in [3.05, 3.63) is 39.1 Å². The second kappa shape index (κ2) is 7.17. The summed E-state index contributed by atoms with van der Waals surface area (Å²) in [7, 11) is 1.68. The second-order valence-corrected chi connectivity index (χ2v) is 5.64. The third-order valence-electron chi connectivity index (χ3n) is 2.80. The van der Waals surface area contributed by atoms with E-state index in [2.05, 4.69) is 31.6 Å². The first-order chi connectivity index (χ1) is 9.61.